The van der Waals surface area contributed by atoms with Crippen molar-refractivity contribution >= 4 is 39.6 Å². The summed E-state index contributed by atoms with van der Waals surface area (Å²) >= 11 is 1.70. The fourth-order valence-electron chi connectivity index (χ4n) is 4.28. The van der Waals surface area contributed by atoms with E-state index in [2.05, 4.69) is 21.1 Å². The molecule has 2 aliphatic rings. The van der Waals surface area contributed by atoms with Crippen LogP contribution in [0.4, 0.5) is 10.5 Å². The molecule has 0 atom stereocenters. The van der Waals surface area contributed by atoms with Gasteiger partial charge in [0.2, 0.25) is 0 Å². The van der Waals surface area contributed by atoms with E-state index < -0.39 is 16.1 Å². The number of nitrogens with one attached hydrogen (secondary N) is 2. The van der Waals surface area contributed by atoms with Gasteiger partial charge in [-0.15, -0.1) is 0 Å². The third-order valence-corrected chi connectivity index (χ3v) is 7.18. The second-order valence-electron chi connectivity index (χ2n) is 7.61. The Morgan fingerprint density at radius 2 is 1.90 bits per heavy atom. The van der Waals surface area contributed by atoms with Crippen LogP contribution < -0.4 is 10.0 Å². The van der Waals surface area contributed by atoms with Crippen molar-refractivity contribution in [2.45, 2.75) is 45.1 Å². The average molecular weight is 447 g/mol. The monoisotopic (exact) mass is 446 g/mol. The Balaban J connectivity index is 1.47. The quantitative estimate of drug-likeness (QED) is 0.680. The Hall–Kier alpha value is -2.26. The number of amides is 2. The number of aryl methyl sites for hydroxylation is 3. The summed E-state index contributed by atoms with van der Waals surface area (Å²) in [7, 11) is -3.94. The van der Waals surface area contributed by atoms with Crippen LogP contribution >= 0.6 is 11.8 Å². The van der Waals surface area contributed by atoms with Crippen molar-refractivity contribution in [3.05, 3.63) is 51.9 Å². The highest BCUT2D eigenvalue weighted by atomic mass is 32.2. The predicted molar refractivity (Wildman–Crippen MR) is 121 cm³/mol. The van der Waals surface area contributed by atoms with Crippen LogP contribution in [0.25, 0.3) is 6.08 Å². The summed E-state index contributed by atoms with van der Waals surface area (Å²) < 4.78 is 28.8. The minimum absolute atomic E-state index is 0.536. The van der Waals surface area contributed by atoms with Gasteiger partial charge in [-0.05, 0) is 73.1 Å². The predicted octanol–water partition coefficient (Wildman–Crippen LogP) is 3.35. The first-order valence-electron chi connectivity index (χ1n) is 10.2. The van der Waals surface area contributed by atoms with E-state index in [1.807, 2.05) is 10.8 Å². The van der Waals surface area contributed by atoms with Gasteiger partial charge in [-0.2, -0.15) is 11.8 Å². The molecule has 30 heavy (non-hydrogen) atoms. The van der Waals surface area contributed by atoms with E-state index in [0.29, 0.717) is 5.82 Å². The Morgan fingerprint density at radius 1 is 1.20 bits per heavy atom. The highest BCUT2D eigenvalue weighted by Gasteiger charge is 2.25. The number of rotatable bonds is 7. The first-order valence-corrected chi connectivity index (χ1v) is 13.1. The number of thioether (sulfide) groups is 1. The number of urea groups is 1. The van der Waals surface area contributed by atoms with E-state index in [-0.39, 0.29) is 0 Å². The molecule has 7 nitrogen and oxygen atoms in total. The van der Waals surface area contributed by atoms with Gasteiger partial charge in [0.25, 0.3) is 10.0 Å². The Morgan fingerprint density at radius 3 is 2.57 bits per heavy atom. The molecule has 0 saturated carbocycles. The van der Waals surface area contributed by atoms with Crippen molar-refractivity contribution in [1.82, 2.24) is 14.3 Å². The van der Waals surface area contributed by atoms with Crippen LogP contribution in [0.15, 0.2) is 23.9 Å². The van der Waals surface area contributed by atoms with Crippen LogP contribution in [0.5, 0.6) is 0 Å². The SMILES string of the molecule is CSCCn1ccnc1/C=C/S(=O)(=O)NC(=O)Nc1c2c(cc3c1CCC3)CCC2. The van der Waals surface area contributed by atoms with Crippen LogP contribution in [-0.2, 0) is 42.3 Å². The lowest BCUT2D eigenvalue weighted by atomic mass is 9.99. The normalized spacial score (nSPS) is 15.4. The number of imidazole rings is 1. The van der Waals surface area contributed by atoms with Crippen LogP contribution in [0.2, 0.25) is 0 Å². The zero-order valence-electron chi connectivity index (χ0n) is 17.0. The van der Waals surface area contributed by atoms with Crippen molar-refractivity contribution in [3.63, 3.8) is 0 Å². The van der Waals surface area contributed by atoms with Crippen molar-refractivity contribution in [2.24, 2.45) is 0 Å². The van der Waals surface area contributed by atoms with Gasteiger partial charge in [0, 0.05) is 30.4 Å². The fourth-order valence-corrected chi connectivity index (χ4v) is 5.34. The number of nitrogens with zero attached hydrogens (tertiary/aromatic N) is 2. The number of anilines is 1. The maximum atomic E-state index is 12.5. The molecule has 9 heteroatoms. The minimum atomic E-state index is -3.94. The van der Waals surface area contributed by atoms with Gasteiger partial charge >= 0.3 is 6.03 Å². The second kappa shape index (κ2) is 8.85. The molecular weight excluding hydrogens is 420 g/mol. The summed E-state index contributed by atoms with van der Waals surface area (Å²) in [6.45, 7) is 0.735. The number of aromatic nitrogens is 2. The lowest BCUT2D eigenvalue weighted by Gasteiger charge is -2.16. The summed E-state index contributed by atoms with van der Waals surface area (Å²) in [6.07, 6.45) is 12.9. The largest absolute Gasteiger partial charge is 0.333 e. The van der Waals surface area contributed by atoms with E-state index in [4.69, 9.17) is 0 Å². The lowest BCUT2D eigenvalue weighted by Crippen LogP contribution is -2.33. The number of carbonyl (C=O) groups is 1. The van der Waals surface area contributed by atoms with Gasteiger partial charge in [0.1, 0.15) is 5.82 Å². The van der Waals surface area contributed by atoms with Gasteiger partial charge in [-0.25, -0.2) is 22.9 Å². The Labute approximate surface area is 181 Å². The van der Waals surface area contributed by atoms with E-state index in [1.54, 1.807) is 24.2 Å². The molecule has 0 spiro atoms. The molecule has 2 aliphatic carbocycles. The zero-order chi connectivity index (χ0) is 21.1. The Bertz CT molecular complexity index is 1060. The standard InChI is InChI=1S/C21H26N4O3S2/c1-29-12-11-25-10-9-22-19(25)8-13-30(27,28)24-21(26)23-20-17-6-2-4-15(17)14-16-5-3-7-18(16)20/h8-10,13-14H,2-7,11-12H2,1H3,(H2,23,24,26)/b13-8+. The van der Waals surface area contributed by atoms with Gasteiger partial charge in [0.15, 0.2) is 0 Å². The van der Waals surface area contributed by atoms with Crippen molar-refractivity contribution in [2.75, 3.05) is 17.3 Å². The highest BCUT2D eigenvalue weighted by Crippen LogP contribution is 2.38. The topological polar surface area (TPSA) is 93.1 Å². The highest BCUT2D eigenvalue weighted by molar-refractivity contribution is 7.98. The van der Waals surface area contributed by atoms with Gasteiger partial charge in [-0.1, -0.05) is 6.07 Å². The summed E-state index contributed by atoms with van der Waals surface area (Å²) in [5.41, 5.74) is 5.71. The fraction of sp³-hybridized carbons (Fsp3) is 0.429. The number of hydrogen-bond donors (Lipinski definition) is 2. The number of fused-ring (bicyclic) bond motifs is 2. The molecule has 0 radical (unpaired) electrons. The zero-order valence-corrected chi connectivity index (χ0v) is 18.6. The molecule has 0 saturated heterocycles. The van der Waals surface area contributed by atoms with Crippen LogP contribution in [-0.4, -0.2) is 36.0 Å². The van der Waals surface area contributed by atoms with E-state index in [9.17, 15) is 13.2 Å². The summed E-state index contributed by atoms with van der Waals surface area (Å²) in [5, 5.41) is 3.83. The summed E-state index contributed by atoms with van der Waals surface area (Å²) in [5.74, 6) is 1.43. The number of hydrogen-bond acceptors (Lipinski definition) is 5. The second-order valence-corrected chi connectivity index (χ2v) is 10.2. The van der Waals surface area contributed by atoms with Gasteiger partial charge < -0.3 is 9.88 Å². The van der Waals surface area contributed by atoms with Crippen LogP contribution in [0.3, 0.4) is 0 Å². The molecule has 1 heterocycles. The maximum absolute atomic E-state index is 12.5. The molecule has 2 amide bonds. The lowest BCUT2D eigenvalue weighted by molar-refractivity contribution is 0.256. The molecule has 1 aromatic carbocycles. The molecule has 160 valence electrons. The van der Waals surface area contributed by atoms with E-state index in [1.165, 1.54) is 17.2 Å². The maximum Gasteiger partial charge on any atom is 0.333 e. The summed E-state index contributed by atoms with van der Waals surface area (Å²) in [6, 6.07) is 1.55. The molecule has 1 aromatic heterocycles. The first-order chi connectivity index (χ1) is 14.5. The summed E-state index contributed by atoms with van der Waals surface area (Å²) in [4.78, 5) is 16.7. The number of carbonyl (C=O) groups excluding carboxylic acids is 1. The Kier molecular flexibility index (Phi) is 6.19. The third-order valence-electron chi connectivity index (χ3n) is 5.63. The van der Waals surface area contributed by atoms with Gasteiger partial charge in [0.05, 0.1) is 5.41 Å². The van der Waals surface area contributed by atoms with Crippen molar-refractivity contribution in [1.29, 1.82) is 0 Å². The molecule has 2 N–H and O–H groups in total. The average Bonchev–Trinajstić information content (AvgIpc) is 3.44. The van der Waals surface area contributed by atoms with Crippen LogP contribution in [0, 0.1) is 0 Å². The van der Waals surface area contributed by atoms with Gasteiger partial charge in [-0.3, -0.25) is 0 Å². The minimum Gasteiger partial charge on any atom is -0.331 e. The number of sulfonamides is 1. The molecule has 0 bridgehead atoms. The third kappa shape index (κ3) is 4.57. The molecule has 2 aromatic rings. The van der Waals surface area contributed by atoms with Crippen molar-refractivity contribution < 1.29 is 13.2 Å². The molecule has 0 unspecified atom stereocenters. The molecular formula is C21H26N4O3S2. The van der Waals surface area contributed by atoms with Crippen LogP contribution in [0.1, 0.15) is 40.9 Å². The molecule has 0 aliphatic heterocycles. The van der Waals surface area contributed by atoms with Crippen molar-refractivity contribution in [3.8, 4) is 0 Å². The van der Waals surface area contributed by atoms with E-state index >= 15 is 0 Å². The number of benzene rings is 1. The first kappa shape index (κ1) is 21.0. The smallest absolute Gasteiger partial charge is 0.331 e. The van der Waals surface area contributed by atoms with E-state index in [0.717, 1.165) is 73.0 Å². The molecule has 0 fully saturated rings. The molecule has 4 rings (SSSR count).